The van der Waals surface area contributed by atoms with Crippen molar-refractivity contribution in [2.24, 2.45) is 5.92 Å². The van der Waals surface area contributed by atoms with Crippen molar-refractivity contribution >= 4 is 21.7 Å². The summed E-state index contributed by atoms with van der Waals surface area (Å²) in [5, 5.41) is 0. The molecule has 0 radical (unpaired) electrons. The molecule has 2 heterocycles. The molecule has 1 saturated carbocycles. The van der Waals surface area contributed by atoms with E-state index in [9.17, 15) is 26.4 Å². The number of nitrogens with zero attached hydrogens (tertiary/aromatic N) is 3. The van der Waals surface area contributed by atoms with Gasteiger partial charge in [-0.15, -0.1) is 0 Å². The lowest BCUT2D eigenvalue weighted by molar-refractivity contribution is -0.140. The number of halogens is 3. The van der Waals surface area contributed by atoms with Crippen LogP contribution in [0.1, 0.15) is 42.9 Å². The topological polar surface area (TPSA) is 82.6 Å². The molecule has 212 valence electrons. The van der Waals surface area contributed by atoms with Crippen LogP contribution < -0.4 is 9.62 Å². The lowest BCUT2D eigenvalue weighted by Gasteiger charge is -2.44. The van der Waals surface area contributed by atoms with Crippen molar-refractivity contribution in [1.82, 2.24) is 14.6 Å². The van der Waals surface area contributed by atoms with Gasteiger partial charge in [-0.05, 0) is 67.6 Å². The zero-order valence-corrected chi connectivity index (χ0v) is 22.6. The average molecular weight is 573 g/mol. The second kappa shape index (κ2) is 11.6. The molecule has 2 fully saturated rings. The monoisotopic (exact) mass is 572 g/mol. The Morgan fingerprint density at radius 3 is 2.17 bits per heavy atom. The first kappa shape index (κ1) is 28.1. The van der Waals surface area contributed by atoms with Gasteiger partial charge in [-0.1, -0.05) is 36.4 Å². The van der Waals surface area contributed by atoms with Crippen LogP contribution in [0.15, 0.2) is 83.9 Å². The standard InChI is InChI=1S/C29H31F3N4O3S/c30-29(31,32)23-11-15-25(16-12-23)40(38,39)34-24-13-9-22(10-14-24)28(37)36-19-18-35(27-8-4-5-17-33-27)20-26(36)21-6-2-1-3-7-21/h1-8,11-12,15-17,22,24,26,34H,9-10,13-14,18-20H2/t22-,24-,26-/m1/s1. The van der Waals surface area contributed by atoms with Crippen molar-refractivity contribution in [3.05, 3.63) is 90.1 Å². The van der Waals surface area contributed by atoms with Crippen LogP contribution in [0.2, 0.25) is 0 Å². The van der Waals surface area contributed by atoms with E-state index in [1.54, 1.807) is 6.20 Å². The zero-order chi connectivity index (χ0) is 28.3. The SMILES string of the molecule is O=C([C@H]1CC[C@H](NS(=O)(=O)c2ccc(C(F)(F)F)cc2)CC1)N1CCN(c2ccccn2)C[C@@H]1c1ccccc1. The second-order valence-electron chi connectivity index (χ2n) is 10.3. The normalized spacial score (nSPS) is 22.2. The van der Waals surface area contributed by atoms with Gasteiger partial charge in [0.1, 0.15) is 5.82 Å². The van der Waals surface area contributed by atoms with E-state index in [-0.39, 0.29) is 28.8 Å². The first-order valence-corrected chi connectivity index (χ1v) is 14.8. The number of rotatable bonds is 6. The Labute approximate surface area is 232 Å². The summed E-state index contributed by atoms with van der Waals surface area (Å²) in [7, 11) is -3.98. The van der Waals surface area contributed by atoms with Crippen molar-refractivity contribution in [1.29, 1.82) is 0 Å². The molecular formula is C29H31F3N4O3S. The Balaban J connectivity index is 1.23. The molecule has 2 aliphatic rings. The number of anilines is 1. The van der Waals surface area contributed by atoms with E-state index in [4.69, 9.17) is 0 Å². The molecule has 1 amide bonds. The van der Waals surface area contributed by atoms with Crippen LogP contribution in [0.5, 0.6) is 0 Å². The third kappa shape index (κ3) is 6.31. The minimum atomic E-state index is -4.54. The summed E-state index contributed by atoms with van der Waals surface area (Å²) in [6, 6.07) is 18.7. The Morgan fingerprint density at radius 1 is 0.875 bits per heavy atom. The van der Waals surface area contributed by atoms with Gasteiger partial charge in [0.25, 0.3) is 0 Å². The Kier molecular flexibility index (Phi) is 8.14. The highest BCUT2D eigenvalue weighted by atomic mass is 32.2. The molecule has 1 saturated heterocycles. The lowest BCUT2D eigenvalue weighted by Crippen LogP contribution is -2.53. The van der Waals surface area contributed by atoms with Crippen molar-refractivity contribution in [2.45, 2.75) is 48.8 Å². The third-order valence-electron chi connectivity index (χ3n) is 7.71. The number of alkyl halides is 3. The van der Waals surface area contributed by atoms with Crippen LogP contribution >= 0.6 is 0 Å². The Bertz CT molecular complexity index is 1400. The maximum atomic E-state index is 13.8. The molecule has 1 aromatic heterocycles. The Hall–Kier alpha value is -3.44. The smallest absolute Gasteiger partial charge is 0.352 e. The van der Waals surface area contributed by atoms with Gasteiger partial charge in [0, 0.05) is 37.8 Å². The molecule has 0 bridgehead atoms. The first-order valence-electron chi connectivity index (χ1n) is 13.3. The molecule has 11 heteroatoms. The molecule has 0 unspecified atom stereocenters. The maximum absolute atomic E-state index is 13.8. The van der Waals surface area contributed by atoms with Crippen LogP contribution in [0.4, 0.5) is 19.0 Å². The number of carbonyl (C=O) groups is 1. The molecule has 7 nitrogen and oxygen atoms in total. The van der Waals surface area contributed by atoms with Crippen LogP contribution in [0.25, 0.3) is 0 Å². The molecule has 1 aliphatic heterocycles. The van der Waals surface area contributed by atoms with E-state index in [2.05, 4.69) is 14.6 Å². The van der Waals surface area contributed by atoms with E-state index in [0.29, 0.717) is 45.3 Å². The molecule has 40 heavy (non-hydrogen) atoms. The quantitative estimate of drug-likeness (QED) is 0.448. The number of carbonyl (C=O) groups excluding carboxylic acids is 1. The van der Waals surface area contributed by atoms with E-state index < -0.39 is 21.8 Å². The van der Waals surface area contributed by atoms with E-state index in [1.165, 1.54) is 0 Å². The molecule has 0 spiro atoms. The molecule has 3 aromatic rings. The van der Waals surface area contributed by atoms with E-state index >= 15 is 0 Å². The fourth-order valence-electron chi connectivity index (χ4n) is 5.56. The zero-order valence-electron chi connectivity index (χ0n) is 21.8. The van der Waals surface area contributed by atoms with E-state index in [1.807, 2.05) is 53.4 Å². The van der Waals surface area contributed by atoms with Gasteiger partial charge in [0.2, 0.25) is 15.9 Å². The average Bonchev–Trinajstić information content (AvgIpc) is 2.97. The number of hydrogen-bond acceptors (Lipinski definition) is 5. The lowest BCUT2D eigenvalue weighted by atomic mass is 9.85. The Morgan fingerprint density at radius 2 is 1.55 bits per heavy atom. The van der Waals surface area contributed by atoms with Gasteiger partial charge in [-0.3, -0.25) is 4.79 Å². The van der Waals surface area contributed by atoms with Gasteiger partial charge in [0.15, 0.2) is 0 Å². The van der Waals surface area contributed by atoms with Gasteiger partial charge >= 0.3 is 6.18 Å². The number of piperazine rings is 1. The number of sulfonamides is 1. The summed E-state index contributed by atoms with van der Waals surface area (Å²) < 4.78 is 66.7. The molecule has 5 rings (SSSR count). The summed E-state index contributed by atoms with van der Waals surface area (Å²) in [5.74, 6) is 0.717. The molecule has 1 atom stereocenters. The van der Waals surface area contributed by atoms with Crippen molar-refractivity contribution in [2.75, 3.05) is 24.5 Å². The largest absolute Gasteiger partial charge is 0.416 e. The predicted molar refractivity (Wildman–Crippen MR) is 145 cm³/mol. The van der Waals surface area contributed by atoms with Crippen molar-refractivity contribution in [3.63, 3.8) is 0 Å². The highest BCUT2D eigenvalue weighted by Gasteiger charge is 2.37. The third-order valence-corrected chi connectivity index (χ3v) is 9.25. The van der Waals surface area contributed by atoms with E-state index in [0.717, 1.165) is 35.6 Å². The number of hydrogen-bond donors (Lipinski definition) is 1. The minimum absolute atomic E-state index is 0.0681. The number of aromatic nitrogens is 1. The van der Waals surface area contributed by atoms with Crippen molar-refractivity contribution in [3.8, 4) is 0 Å². The van der Waals surface area contributed by atoms with Crippen molar-refractivity contribution < 1.29 is 26.4 Å². The second-order valence-corrected chi connectivity index (χ2v) is 12.0. The summed E-state index contributed by atoms with van der Waals surface area (Å²) in [5.41, 5.74) is 0.148. The summed E-state index contributed by atoms with van der Waals surface area (Å²) >= 11 is 0. The first-order chi connectivity index (χ1) is 19.1. The molecule has 2 aromatic carbocycles. The highest BCUT2D eigenvalue weighted by molar-refractivity contribution is 7.89. The summed E-state index contributed by atoms with van der Waals surface area (Å²) in [6.07, 6.45) is -0.776. The predicted octanol–water partition coefficient (Wildman–Crippen LogP) is 5.03. The van der Waals surface area contributed by atoms with Gasteiger partial charge in [-0.25, -0.2) is 18.1 Å². The molecule has 1 N–H and O–H groups in total. The van der Waals surface area contributed by atoms with Crippen LogP contribution in [-0.2, 0) is 21.0 Å². The number of amides is 1. The minimum Gasteiger partial charge on any atom is -0.352 e. The van der Waals surface area contributed by atoms with Gasteiger partial charge < -0.3 is 9.80 Å². The van der Waals surface area contributed by atoms with Crippen LogP contribution in [0, 0.1) is 5.92 Å². The number of pyridine rings is 1. The highest BCUT2D eigenvalue weighted by Crippen LogP contribution is 2.34. The fraction of sp³-hybridized carbons (Fsp3) is 0.379. The number of nitrogens with one attached hydrogen (secondary N) is 1. The van der Waals surface area contributed by atoms with Gasteiger partial charge in [-0.2, -0.15) is 13.2 Å². The maximum Gasteiger partial charge on any atom is 0.416 e. The molecule has 1 aliphatic carbocycles. The fourth-order valence-corrected chi connectivity index (χ4v) is 6.86. The number of benzene rings is 2. The summed E-state index contributed by atoms with van der Waals surface area (Å²) in [6.45, 7) is 1.83. The summed E-state index contributed by atoms with van der Waals surface area (Å²) in [4.78, 5) is 22.2. The van der Waals surface area contributed by atoms with Gasteiger partial charge in [0.05, 0.1) is 16.5 Å². The molecular weight excluding hydrogens is 541 g/mol. The van der Waals surface area contributed by atoms with Crippen LogP contribution in [0.3, 0.4) is 0 Å². The van der Waals surface area contributed by atoms with Crippen LogP contribution in [-0.4, -0.2) is 49.9 Å².